The lowest BCUT2D eigenvalue weighted by molar-refractivity contribution is 0.339. The van der Waals surface area contributed by atoms with E-state index in [2.05, 4.69) is 10.1 Å². The van der Waals surface area contributed by atoms with E-state index in [0.717, 1.165) is 0 Å². The van der Waals surface area contributed by atoms with E-state index in [0.29, 0.717) is 23.7 Å². The smallest absolute Gasteiger partial charge is 0.261 e. The van der Waals surface area contributed by atoms with Crippen LogP contribution in [-0.4, -0.2) is 25.2 Å². The molecule has 114 valence electrons. The third-order valence-electron chi connectivity index (χ3n) is 2.77. The van der Waals surface area contributed by atoms with Crippen LogP contribution < -0.4 is 9.88 Å². The zero-order chi connectivity index (χ0) is 15.6. The van der Waals surface area contributed by atoms with Crippen LogP contribution in [0.3, 0.4) is 0 Å². The van der Waals surface area contributed by atoms with Gasteiger partial charge in [-0.1, -0.05) is 19.0 Å². The molecule has 2 N–H and O–H groups in total. The SMILES string of the molecule is CCOc1ccc(S(N)(=O)=O)cc1-c1nc(C(C)C)no1. The molecule has 0 saturated heterocycles. The molecule has 0 radical (unpaired) electrons. The molecule has 0 fully saturated rings. The highest BCUT2D eigenvalue weighted by molar-refractivity contribution is 7.89. The molecule has 0 aliphatic rings. The molecule has 8 heteroatoms. The summed E-state index contributed by atoms with van der Waals surface area (Å²) >= 11 is 0. The van der Waals surface area contributed by atoms with Crippen LogP contribution in [0.2, 0.25) is 0 Å². The maximum Gasteiger partial charge on any atom is 0.261 e. The van der Waals surface area contributed by atoms with Gasteiger partial charge in [-0.2, -0.15) is 4.98 Å². The van der Waals surface area contributed by atoms with Gasteiger partial charge in [-0.05, 0) is 25.1 Å². The lowest BCUT2D eigenvalue weighted by Gasteiger charge is -2.08. The molecule has 1 heterocycles. The fraction of sp³-hybridized carbons (Fsp3) is 0.385. The Labute approximate surface area is 123 Å². The second kappa shape index (κ2) is 5.82. The first-order valence-corrected chi connectivity index (χ1v) is 8.01. The van der Waals surface area contributed by atoms with Gasteiger partial charge in [0.15, 0.2) is 5.82 Å². The zero-order valence-electron chi connectivity index (χ0n) is 12.0. The topological polar surface area (TPSA) is 108 Å². The van der Waals surface area contributed by atoms with Crippen LogP contribution in [0.1, 0.15) is 32.5 Å². The van der Waals surface area contributed by atoms with Gasteiger partial charge < -0.3 is 9.26 Å². The van der Waals surface area contributed by atoms with Crippen molar-refractivity contribution in [3.05, 3.63) is 24.0 Å². The Morgan fingerprint density at radius 3 is 2.62 bits per heavy atom. The average molecular weight is 311 g/mol. The summed E-state index contributed by atoms with van der Waals surface area (Å²) in [5.41, 5.74) is 0.405. The third-order valence-corrected chi connectivity index (χ3v) is 3.68. The number of aromatic nitrogens is 2. The molecule has 21 heavy (non-hydrogen) atoms. The van der Waals surface area contributed by atoms with Crippen LogP contribution in [0.25, 0.3) is 11.5 Å². The molecule has 0 bridgehead atoms. The van der Waals surface area contributed by atoms with Crippen molar-refractivity contribution in [2.24, 2.45) is 5.14 Å². The molecule has 0 atom stereocenters. The lowest BCUT2D eigenvalue weighted by Crippen LogP contribution is -2.12. The number of nitrogens with two attached hydrogens (primary N) is 1. The van der Waals surface area contributed by atoms with Gasteiger partial charge in [-0.25, -0.2) is 13.6 Å². The number of benzene rings is 1. The van der Waals surface area contributed by atoms with Crippen LogP contribution in [0, 0.1) is 0 Å². The molecule has 0 amide bonds. The summed E-state index contributed by atoms with van der Waals surface area (Å²) in [5.74, 6) is 1.30. The number of ether oxygens (including phenoxy) is 1. The molecule has 0 spiro atoms. The molecular formula is C13H17N3O4S. The highest BCUT2D eigenvalue weighted by Gasteiger charge is 2.19. The van der Waals surface area contributed by atoms with Crippen molar-refractivity contribution in [3.63, 3.8) is 0 Å². The van der Waals surface area contributed by atoms with Crippen molar-refractivity contribution >= 4 is 10.0 Å². The molecule has 2 rings (SSSR count). The Bertz CT molecular complexity index is 738. The monoisotopic (exact) mass is 311 g/mol. The summed E-state index contributed by atoms with van der Waals surface area (Å²) in [6.45, 7) is 6.11. The summed E-state index contributed by atoms with van der Waals surface area (Å²) in [6, 6.07) is 4.28. The highest BCUT2D eigenvalue weighted by atomic mass is 32.2. The molecule has 7 nitrogen and oxygen atoms in total. The Morgan fingerprint density at radius 2 is 2.10 bits per heavy atom. The Balaban J connectivity index is 2.57. The maximum absolute atomic E-state index is 11.5. The van der Waals surface area contributed by atoms with E-state index in [4.69, 9.17) is 14.4 Å². The van der Waals surface area contributed by atoms with Crippen LogP contribution in [0.4, 0.5) is 0 Å². The van der Waals surface area contributed by atoms with E-state index in [9.17, 15) is 8.42 Å². The van der Waals surface area contributed by atoms with E-state index < -0.39 is 10.0 Å². The average Bonchev–Trinajstić information content (AvgIpc) is 2.88. The summed E-state index contributed by atoms with van der Waals surface area (Å²) in [6.07, 6.45) is 0. The minimum Gasteiger partial charge on any atom is -0.493 e. The minimum absolute atomic E-state index is 0.0368. The molecule has 0 saturated carbocycles. The van der Waals surface area contributed by atoms with Gasteiger partial charge in [0.25, 0.3) is 5.89 Å². The van der Waals surface area contributed by atoms with Crippen molar-refractivity contribution in [1.29, 1.82) is 0 Å². The molecule has 1 aromatic carbocycles. The number of sulfonamides is 1. The standard InChI is InChI=1S/C13H17N3O4S/c1-4-19-11-6-5-9(21(14,17)18)7-10(11)13-15-12(8(2)3)16-20-13/h5-8H,4H2,1-3H3,(H2,14,17,18). The summed E-state index contributed by atoms with van der Waals surface area (Å²) in [4.78, 5) is 4.22. The van der Waals surface area contributed by atoms with E-state index in [1.54, 1.807) is 0 Å². The Morgan fingerprint density at radius 1 is 1.38 bits per heavy atom. The first-order valence-electron chi connectivity index (χ1n) is 6.46. The number of primary sulfonamides is 1. The van der Waals surface area contributed by atoms with Gasteiger partial charge in [0.05, 0.1) is 17.1 Å². The second-order valence-corrected chi connectivity index (χ2v) is 6.31. The lowest BCUT2D eigenvalue weighted by atomic mass is 10.2. The molecular weight excluding hydrogens is 294 g/mol. The number of rotatable bonds is 5. The largest absolute Gasteiger partial charge is 0.493 e. The van der Waals surface area contributed by atoms with Gasteiger partial charge in [0.2, 0.25) is 10.0 Å². The molecule has 0 unspecified atom stereocenters. The number of nitrogens with zero attached hydrogens (tertiary/aromatic N) is 2. The first kappa shape index (κ1) is 15.5. The molecule has 1 aromatic heterocycles. The van der Waals surface area contributed by atoms with Crippen molar-refractivity contribution in [1.82, 2.24) is 10.1 Å². The van der Waals surface area contributed by atoms with E-state index in [-0.39, 0.29) is 16.7 Å². The van der Waals surface area contributed by atoms with Gasteiger partial charge in [0.1, 0.15) is 5.75 Å². The molecule has 0 aliphatic carbocycles. The van der Waals surface area contributed by atoms with E-state index in [1.807, 2.05) is 20.8 Å². The van der Waals surface area contributed by atoms with Crippen molar-refractivity contribution < 1.29 is 17.7 Å². The van der Waals surface area contributed by atoms with Gasteiger partial charge in [0, 0.05) is 5.92 Å². The molecule has 0 aliphatic heterocycles. The second-order valence-electron chi connectivity index (χ2n) is 4.75. The van der Waals surface area contributed by atoms with Crippen LogP contribution >= 0.6 is 0 Å². The number of hydrogen-bond acceptors (Lipinski definition) is 6. The highest BCUT2D eigenvalue weighted by Crippen LogP contribution is 2.31. The maximum atomic E-state index is 11.5. The third kappa shape index (κ3) is 3.40. The van der Waals surface area contributed by atoms with Crippen molar-refractivity contribution in [2.45, 2.75) is 31.6 Å². The zero-order valence-corrected chi connectivity index (χ0v) is 12.8. The van der Waals surface area contributed by atoms with Gasteiger partial charge in [-0.3, -0.25) is 0 Å². The van der Waals surface area contributed by atoms with Gasteiger partial charge >= 0.3 is 0 Å². The fourth-order valence-corrected chi connectivity index (χ4v) is 2.25. The quantitative estimate of drug-likeness (QED) is 0.903. The predicted octanol–water partition coefficient (Wildman–Crippen LogP) is 1.91. The summed E-state index contributed by atoms with van der Waals surface area (Å²) in [7, 11) is -3.82. The van der Waals surface area contributed by atoms with Crippen LogP contribution in [-0.2, 0) is 10.0 Å². The van der Waals surface area contributed by atoms with Crippen LogP contribution in [0.15, 0.2) is 27.6 Å². The summed E-state index contributed by atoms with van der Waals surface area (Å²) in [5, 5.41) is 9.01. The normalized spacial score (nSPS) is 11.9. The summed E-state index contributed by atoms with van der Waals surface area (Å²) < 4.78 is 33.6. The van der Waals surface area contributed by atoms with Gasteiger partial charge in [-0.15, -0.1) is 0 Å². The van der Waals surface area contributed by atoms with Crippen LogP contribution in [0.5, 0.6) is 5.75 Å². The number of hydrogen-bond donors (Lipinski definition) is 1. The van der Waals surface area contributed by atoms with Crippen molar-refractivity contribution in [2.75, 3.05) is 6.61 Å². The Hall–Kier alpha value is -1.93. The van der Waals surface area contributed by atoms with Crippen molar-refractivity contribution in [3.8, 4) is 17.2 Å². The first-order chi connectivity index (χ1) is 9.82. The molecule has 2 aromatic rings. The minimum atomic E-state index is -3.82. The predicted molar refractivity (Wildman–Crippen MR) is 76.4 cm³/mol. The van der Waals surface area contributed by atoms with E-state index >= 15 is 0 Å². The Kier molecular flexibility index (Phi) is 4.29. The van der Waals surface area contributed by atoms with E-state index in [1.165, 1.54) is 18.2 Å². The fourth-order valence-electron chi connectivity index (χ4n) is 1.71.